The molecule has 1 amide bonds. The maximum absolute atomic E-state index is 11.9. The molecule has 1 aromatic heterocycles. The molecule has 0 saturated carbocycles. The SMILES string of the molecule is COCCCNC(=O)c1cnc(Nc2ccc(OC(C)C)cc2)nc1. The van der Waals surface area contributed by atoms with Gasteiger partial charge in [-0.25, -0.2) is 9.97 Å². The van der Waals surface area contributed by atoms with Crippen LogP contribution in [-0.2, 0) is 4.74 Å². The van der Waals surface area contributed by atoms with Gasteiger partial charge in [-0.1, -0.05) is 0 Å². The van der Waals surface area contributed by atoms with Gasteiger partial charge >= 0.3 is 0 Å². The van der Waals surface area contributed by atoms with Crippen LogP contribution < -0.4 is 15.4 Å². The third-order valence-corrected chi connectivity index (χ3v) is 3.21. The number of hydrogen-bond donors (Lipinski definition) is 2. The van der Waals surface area contributed by atoms with Crippen molar-refractivity contribution in [2.24, 2.45) is 0 Å². The molecule has 0 fully saturated rings. The van der Waals surface area contributed by atoms with Crippen molar-refractivity contribution >= 4 is 17.5 Å². The highest BCUT2D eigenvalue weighted by Crippen LogP contribution is 2.19. The summed E-state index contributed by atoms with van der Waals surface area (Å²) in [6.07, 6.45) is 3.89. The predicted octanol–water partition coefficient (Wildman–Crippen LogP) is 2.77. The number of nitrogens with zero attached hydrogens (tertiary/aromatic N) is 2. The third-order valence-electron chi connectivity index (χ3n) is 3.21. The van der Waals surface area contributed by atoms with Crippen molar-refractivity contribution in [3.8, 4) is 5.75 Å². The van der Waals surface area contributed by atoms with E-state index in [1.165, 1.54) is 12.4 Å². The minimum absolute atomic E-state index is 0.135. The second-order valence-corrected chi connectivity index (χ2v) is 5.71. The number of ether oxygens (including phenoxy) is 2. The molecule has 0 aliphatic carbocycles. The monoisotopic (exact) mass is 344 g/mol. The van der Waals surface area contributed by atoms with Crippen LogP contribution in [0.1, 0.15) is 30.6 Å². The maximum Gasteiger partial charge on any atom is 0.254 e. The lowest BCUT2D eigenvalue weighted by Crippen LogP contribution is -2.25. The number of nitrogens with one attached hydrogen (secondary N) is 2. The normalized spacial score (nSPS) is 10.6. The lowest BCUT2D eigenvalue weighted by atomic mass is 10.3. The Balaban J connectivity index is 1.88. The van der Waals surface area contributed by atoms with Gasteiger partial charge in [-0.2, -0.15) is 0 Å². The highest BCUT2D eigenvalue weighted by atomic mass is 16.5. The van der Waals surface area contributed by atoms with Crippen molar-refractivity contribution in [1.29, 1.82) is 0 Å². The van der Waals surface area contributed by atoms with Gasteiger partial charge in [0.05, 0.1) is 11.7 Å². The fraction of sp³-hybridized carbons (Fsp3) is 0.389. The number of hydrogen-bond acceptors (Lipinski definition) is 6. The topological polar surface area (TPSA) is 85.4 Å². The molecule has 0 unspecified atom stereocenters. The van der Waals surface area contributed by atoms with Crippen LogP contribution in [0.15, 0.2) is 36.7 Å². The Kier molecular flexibility index (Phi) is 7.16. The summed E-state index contributed by atoms with van der Waals surface area (Å²) in [5, 5.41) is 5.88. The third kappa shape index (κ3) is 6.39. The molecular weight excluding hydrogens is 320 g/mol. The number of carbonyl (C=O) groups is 1. The number of carbonyl (C=O) groups excluding carboxylic acids is 1. The number of aromatic nitrogens is 2. The van der Waals surface area contributed by atoms with E-state index in [0.29, 0.717) is 24.7 Å². The van der Waals surface area contributed by atoms with Crippen LogP contribution in [0.2, 0.25) is 0 Å². The van der Waals surface area contributed by atoms with Gasteiger partial charge in [-0.3, -0.25) is 4.79 Å². The smallest absolute Gasteiger partial charge is 0.254 e. The van der Waals surface area contributed by atoms with Crippen molar-refractivity contribution in [2.45, 2.75) is 26.4 Å². The van der Waals surface area contributed by atoms with Gasteiger partial charge in [0, 0.05) is 38.3 Å². The number of benzene rings is 1. The first-order valence-electron chi connectivity index (χ1n) is 8.21. The highest BCUT2D eigenvalue weighted by Gasteiger charge is 2.07. The van der Waals surface area contributed by atoms with E-state index in [9.17, 15) is 4.79 Å². The molecule has 0 aliphatic heterocycles. The molecule has 0 atom stereocenters. The molecule has 2 aromatic rings. The molecule has 0 aliphatic rings. The first kappa shape index (κ1) is 18.7. The average Bonchev–Trinajstić information content (AvgIpc) is 2.60. The molecule has 7 nitrogen and oxygen atoms in total. The number of methoxy groups -OCH3 is 1. The second-order valence-electron chi connectivity index (χ2n) is 5.71. The Labute approximate surface area is 147 Å². The molecule has 0 bridgehead atoms. The van der Waals surface area contributed by atoms with E-state index in [2.05, 4.69) is 20.6 Å². The highest BCUT2D eigenvalue weighted by molar-refractivity contribution is 5.93. The van der Waals surface area contributed by atoms with Crippen LogP contribution in [0, 0.1) is 0 Å². The minimum atomic E-state index is -0.196. The molecule has 0 radical (unpaired) electrons. The van der Waals surface area contributed by atoms with Gasteiger partial charge in [0.15, 0.2) is 0 Å². The molecule has 1 aromatic carbocycles. The molecule has 7 heteroatoms. The molecule has 2 N–H and O–H groups in total. The number of amides is 1. The summed E-state index contributed by atoms with van der Waals surface area (Å²) >= 11 is 0. The molecule has 2 rings (SSSR count). The van der Waals surface area contributed by atoms with Gasteiger partial charge in [-0.15, -0.1) is 0 Å². The lowest BCUT2D eigenvalue weighted by molar-refractivity contribution is 0.0948. The second kappa shape index (κ2) is 9.58. The van der Waals surface area contributed by atoms with E-state index in [0.717, 1.165) is 17.9 Å². The first-order valence-corrected chi connectivity index (χ1v) is 8.21. The summed E-state index contributed by atoms with van der Waals surface area (Å²) in [6.45, 7) is 5.13. The summed E-state index contributed by atoms with van der Waals surface area (Å²) in [5.74, 6) is 1.04. The fourth-order valence-corrected chi connectivity index (χ4v) is 2.05. The fourth-order valence-electron chi connectivity index (χ4n) is 2.05. The zero-order chi connectivity index (χ0) is 18.1. The van der Waals surface area contributed by atoms with Crippen LogP contribution in [0.5, 0.6) is 5.75 Å². The van der Waals surface area contributed by atoms with Gasteiger partial charge in [-0.05, 0) is 44.5 Å². The van der Waals surface area contributed by atoms with E-state index in [1.54, 1.807) is 7.11 Å². The summed E-state index contributed by atoms with van der Waals surface area (Å²) in [5.41, 5.74) is 1.26. The van der Waals surface area contributed by atoms with E-state index < -0.39 is 0 Å². The quantitative estimate of drug-likeness (QED) is 0.681. The molecule has 1 heterocycles. The minimum Gasteiger partial charge on any atom is -0.491 e. The van der Waals surface area contributed by atoms with Crippen molar-refractivity contribution in [2.75, 3.05) is 25.6 Å². The Hall–Kier alpha value is -2.67. The van der Waals surface area contributed by atoms with Gasteiger partial charge in [0.1, 0.15) is 5.75 Å². The van der Waals surface area contributed by atoms with Crippen molar-refractivity contribution in [3.05, 3.63) is 42.2 Å². The Morgan fingerprint density at radius 3 is 2.44 bits per heavy atom. The molecule has 25 heavy (non-hydrogen) atoms. The molecule has 134 valence electrons. The van der Waals surface area contributed by atoms with Crippen LogP contribution in [-0.4, -0.2) is 42.2 Å². The number of rotatable bonds is 9. The summed E-state index contributed by atoms with van der Waals surface area (Å²) in [7, 11) is 1.63. The Morgan fingerprint density at radius 2 is 1.84 bits per heavy atom. The summed E-state index contributed by atoms with van der Waals surface area (Å²) < 4.78 is 10.5. The van der Waals surface area contributed by atoms with Crippen LogP contribution in [0.3, 0.4) is 0 Å². The Morgan fingerprint density at radius 1 is 1.16 bits per heavy atom. The summed E-state index contributed by atoms with van der Waals surface area (Å²) in [4.78, 5) is 20.3. The van der Waals surface area contributed by atoms with Crippen LogP contribution in [0.4, 0.5) is 11.6 Å². The van der Waals surface area contributed by atoms with Crippen LogP contribution in [0.25, 0.3) is 0 Å². The largest absolute Gasteiger partial charge is 0.491 e. The Bertz CT molecular complexity index is 657. The zero-order valence-electron chi connectivity index (χ0n) is 14.8. The van der Waals surface area contributed by atoms with Gasteiger partial charge < -0.3 is 20.1 Å². The van der Waals surface area contributed by atoms with Crippen molar-refractivity contribution in [3.63, 3.8) is 0 Å². The van der Waals surface area contributed by atoms with Crippen molar-refractivity contribution < 1.29 is 14.3 Å². The lowest BCUT2D eigenvalue weighted by Gasteiger charge is -2.10. The van der Waals surface area contributed by atoms with E-state index in [4.69, 9.17) is 9.47 Å². The van der Waals surface area contributed by atoms with Crippen molar-refractivity contribution in [1.82, 2.24) is 15.3 Å². The molecular formula is C18H24N4O3. The summed E-state index contributed by atoms with van der Waals surface area (Å²) in [6, 6.07) is 7.53. The average molecular weight is 344 g/mol. The number of anilines is 2. The van der Waals surface area contributed by atoms with E-state index >= 15 is 0 Å². The molecule has 0 spiro atoms. The first-order chi connectivity index (χ1) is 12.1. The van der Waals surface area contributed by atoms with Crippen LogP contribution >= 0.6 is 0 Å². The molecule has 0 saturated heterocycles. The predicted molar refractivity (Wildman–Crippen MR) is 96.3 cm³/mol. The zero-order valence-corrected chi connectivity index (χ0v) is 14.8. The van der Waals surface area contributed by atoms with Gasteiger partial charge in [0.2, 0.25) is 5.95 Å². The maximum atomic E-state index is 11.9. The van der Waals surface area contributed by atoms with E-state index in [1.807, 2.05) is 38.1 Å². The van der Waals surface area contributed by atoms with Gasteiger partial charge in [0.25, 0.3) is 5.91 Å². The standard InChI is InChI=1S/C18H24N4O3/c1-13(2)25-16-7-5-15(6-8-16)22-18-20-11-14(12-21-18)17(23)19-9-4-10-24-3/h5-8,11-13H,4,9-10H2,1-3H3,(H,19,23)(H,20,21,22). The van der Waals surface area contributed by atoms with E-state index in [-0.39, 0.29) is 12.0 Å².